The van der Waals surface area contributed by atoms with Crippen LogP contribution < -0.4 is 4.74 Å². The lowest BCUT2D eigenvalue weighted by molar-refractivity contribution is -0.132. The van der Waals surface area contributed by atoms with Crippen LogP contribution in [-0.2, 0) is 23.1 Å². The number of carbonyl (C=O) groups excluding carboxylic acids is 1. The third-order valence-electron chi connectivity index (χ3n) is 3.72. The number of hydrogen-bond acceptors (Lipinski definition) is 3. The average molecular weight is 316 g/mol. The quantitative estimate of drug-likeness (QED) is 0.483. The van der Waals surface area contributed by atoms with E-state index in [2.05, 4.69) is 13.2 Å². The summed E-state index contributed by atoms with van der Waals surface area (Å²) in [6, 6.07) is 0. The first kappa shape index (κ1) is 19.0. The van der Waals surface area contributed by atoms with Crippen LogP contribution in [0.25, 0.3) is 0 Å². The number of phenolic OH excluding ortho intramolecular Hbond substituents is 1. The summed E-state index contributed by atoms with van der Waals surface area (Å²) in [5.74, 6) is 0.442. The van der Waals surface area contributed by atoms with Crippen molar-refractivity contribution in [3.8, 4) is 11.5 Å². The van der Waals surface area contributed by atoms with Crippen LogP contribution in [-0.4, -0.2) is 11.1 Å². The van der Waals surface area contributed by atoms with Crippen molar-refractivity contribution in [3.05, 3.63) is 47.1 Å². The van der Waals surface area contributed by atoms with Crippen LogP contribution in [0.15, 0.2) is 24.8 Å². The Kier molecular flexibility index (Phi) is 5.81. The largest absolute Gasteiger partial charge is 0.507 e. The van der Waals surface area contributed by atoms with Crippen molar-refractivity contribution in [2.24, 2.45) is 0 Å². The second-order valence-corrected chi connectivity index (χ2v) is 7.11. The maximum Gasteiger partial charge on any atom is 0.308 e. The summed E-state index contributed by atoms with van der Waals surface area (Å²) < 4.78 is 5.55. The second kappa shape index (κ2) is 7.03. The van der Waals surface area contributed by atoms with Gasteiger partial charge in [0, 0.05) is 23.6 Å². The lowest BCUT2D eigenvalue weighted by atomic mass is 9.78. The number of allylic oxidation sites excluding steroid dienone is 2. The van der Waals surface area contributed by atoms with Gasteiger partial charge in [-0.1, -0.05) is 39.0 Å². The molecule has 0 atom stereocenters. The predicted octanol–water partition coefficient (Wildman–Crippen LogP) is 4.77. The number of phenols is 1. The summed E-state index contributed by atoms with van der Waals surface area (Å²) in [5, 5.41) is 10.8. The molecule has 0 aromatic heterocycles. The normalized spacial score (nSPS) is 11.2. The molecule has 126 valence electrons. The molecule has 0 bridgehead atoms. The minimum absolute atomic E-state index is 0.256. The number of carbonyl (C=O) groups is 1. The fourth-order valence-electron chi connectivity index (χ4n) is 2.87. The molecule has 3 nitrogen and oxygen atoms in total. The predicted molar refractivity (Wildman–Crippen MR) is 95.3 cm³/mol. The number of hydrogen-bond donors (Lipinski definition) is 1. The first-order chi connectivity index (χ1) is 10.5. The van der Waals surface area contributed by atoms with Crippen LogP contribution >= 0.6 is 0 Å². The van der Waals surface area contributed by atoms with Gasteiger partial charge in [-0.3, -0.25) is 4.79 Å². The minimum atomic E-state index is -0.366. The molecule has 1 rings (SSSR count). The molecule has 1 aromatic carbocycles. The topological polar surface area (TPSA) is 46.5 Å². The zero-order valence-electron chi connectivity index (χ0n) is 15.2. The Morgan fingerprint density at radius 1 is 1.26 bits per heavy atom. The van der Waals surface area contributed by atoms with Gasteiger partial charge in [-0.05, 0) is 37.7 Å². The van der Waals surface area contributed by atoms with Gasteiger partial charge in [0.25, 0.3) is 0 Å². The van der Waals surface area contributed by atoms with Gasteiger partial charge < -0.3 is 9.84 Å². The van der Waals surface area contributed by atoms with Crippen molar-refractivity contribution < 1.29 is 14.6 Å². The number of aromatic hydroxyl groups is 1. The van der Waals surface area contributed by atoms with Gasteiger partial charge in [0.05, 0.1) is 0 Å². The molecule has 0 fully saturated rings. The van der Waals surface area contributed by atoms with Crippen molar-refractivity contribution in [2.75, 3.05) is 0 Å². The van der Waals surface area contributed by atoms with Crippen molar-refractivity contribution in [1.82, 2.24) is 0 Å². The number of ether oxygens (including phenoxy) is 1. The Balaban J connectivity index is 3.87. The molecule has 0 radical (unpaired) electrons. The molecular weight excluding hydrogens is 288 g/mol. The molecule has 0 spiro atoms. The Morgan fingerprint density at radius 3 is 2.22 bits per heavy atom. The third kappa shape index (κ3) is 4.25. The van der Waals surface area contributed by atoms with E-state index in [9.17, 15) is 9.90 Å². The van der Waals surface area contributed by atoms with Crippen molar-refractivity contribution in [3.63, 3.8) is 0 Å². The van der Waals surface area contributed by atoms with Crippen LogP contribution in [0.5, 0.6) is 11.5 Å². The molecule has 1 N–H and O–H groups in total. The second-order valence-electron chi connectivity index (χ2n) is 7.11. The van der Waals surface area contributed by atoms with Gasteiger partial charge in [0.15, 0.2) is 0 Å². The summed E-state index contributed by atoms with van der Waals surface area (Å²) in [6.45, 7) is 19.0. The summed E-state index contributed by atoms with van der Waals surface area (Å²) in [7, 11) is 0. The molecule has 0 aliphatic carbocycles. The van der Waals surface area contributed by atoms with E-state index in [4.69, 9.17) is 4.74 Å². The van der Waals surface area contributed by atoms with Gasteiger partial charge >= 0.3 is 5.97 Å². The highest BCUT2D eigenvalue weighted by molar-refractivity contribution is 5.73. The maximum absolute atomic E-state index is 11.6. The lowest BCUT2D eigenvalue weighted by Crippen LogP contribution is -2.20. The lowest BCUT2D eigenvalue weighted by Gasteiger charge is -2.29. The Bertz CT molecular complexity index is 646. The summed E-state index contributed by atoms with van der Waals surface area (Å²) in [4.78, 5) is 11.6. The zero-order chi connectivity index (χ0) is 17.9. The fourth-order valence-corrected chi connectivity index (χ4v) is 2.87. The highest BCUT2D eigenvalue weighted by atomic mass is 16.5. The molecule has 0 saturated carbocycles. The van der Waals surface area contributed by atoms with Crippen molar-refractivity contribution in [2.45, 2.75) is 59.8 Å². The van der Waals surface area contributed by atoms with E-state index < -0.39 is 0 Å². The van der Waals surface area contributed by atoms with E-state index in [0.29, 0.717) is 18.6 Å². The summed E-state index contributed by atoms with van der Waals surface area (Å²) in [6.07, 6.45) is 2.80. The van der Waals surface area contributed by atoms with E-state index in [-0.39, 0.29) is 17.1 Å². The molecule has 3 heteroatoms. The molecule has 0 aliphatic rings. The van der Waals surface area contributed by atoms with E-state index in [1.165, 1.54) is 6.92 Å². The molecule has 0 amide bonds. The SMILES string of the molecule is C=CCc1c(O)c(CC(=C)C)c(C)c(OC(C)=O)c1C(C)(C)C. The third-order valence-corrected chi connectivity index (χ3v) is 3.72. The van der Waals surface area contributed by atoms with Gasteiger partial charge in [0.1, 0.15) is 11.5 Å². The Morgan fingerprint density at radius 2 is 1.83 bits per heavy atom. The maximum atomic E-state index is 11.6. The summed E-state index contributed by atoms with van der Waals surface area (Å²) in [5.41, 5.74) is 3.83. The van der Waals surface area contributed by atoms with Crippen LogP contribution in [0.4, 0.5) is 0 Å². The standard InChI is InChI=1S/C20H28O3/c1-9-10-15-17(20(6,7)8)19(23-14(5)21)13(4)16(18(15)22)11-12(2)3/h9,22H,1-2,10-11H2,3-8H3. The smallest absolute Gasteiger partial charge is 0.308 e. The van der Waals surface area contributed by atoms with E-state index in [0.717, 1.165) is 27.8 Å². The van der Waals surface area contributed by atoms with Gasteiger partial charge in [-0.2, -0.15) is 0 Å². The average Bonchev–Trinajstić information content (AvgIpc) is 2.38. The molecular formula is C20H28O3. The fraction of sp³-hybridized carbons (Fsp3) is 0.450. The Hall–Kier alpha value is -2.03. The number of benzene rings is 1. The van der Waals surface area contributed by atoms with Gasteiger partial charge in [-0.15, -0.1) is 6.58 Å². The highest BCUT2D eigenvalue weighted by Crippen LogP contribution is 2.45. The first-order valence-electron chi connectivity index (χ1n) is 7.82. The van der Waals surface area contributed by atoms with Crippen LogP contribution in [0, 0.1) is 6.92 Å². The molecule has 0 saturated heterocycles. The Labute approximate surface area is 139 Å². The van der Waals surface area contributed by atoms with E-state index >= 15 is 0 Å². The monoisotopic (exact) mass is 316 g/mol. The van der Waals surface area contributed by atoms with Gasteiger partial charge in [0.2, 0.25) is 0 Å². The molecule has 0 unspecified atom stereocenters. The van der Waals surface area contributed by atoms with Crippen LogP contribution in [0.3, 0.4) is 0 Å². The number of rotatable bonds is 5. The first-order valence-corrected chi connectivity index (χ1v) is 7.82. The molecule has 1 aromatic rings. The van der Waals surface area contributed by atoms with Crippen LogP contribution in [0.2, 0.25) is 0 Å². The van der Waals surface area contributed by atoms with Crippen molar-refractivity contribution >= 4 is 5.97 Å². The van der Waals surface area contributed by atoms with E-state index in [1.54, 1.807) is 6.08 Å². The number of esters is 1. The minimum Gasteiger partial charge on any atom is -0.507 e. The van der Waals surface area contributed by atoms with Crippen LogP contribution in [0.1, 0.15) is 56.9 Å². The zero-order valence-corrected chi connectivity index (χ0v) is 15.2. The molecule has 23 heavy (non-hydrogen) atoms. The van der Waals surface area contributed by atoms with Gasteiger partial charge in [-0.25, -0.2) is 0 Å². The van der Waals surface area contributed by atoms with E-state index in [1.807, 2.05) is 34.6 Å². The molecule has 0 aliphatic heterocycles. The summed E-state index contributed by atoms with van der Waals surface area (Å²) >= 11 is 0. The highest BCUT2D eigenvalue weighted by Gasteiger charge is 2.30. The van der Waals surface area contributed by atoms with Crippen molar-refractivity contribution in [1.29, 1.82) is 0 Å². The molecule has 0 heterocycles.